The van der Waals surface area contributed by atoms with Crippen molar-refractivity contribution in [3.05, 3.63) is 47.5 Å². The quantitative estimate of drug-likeness (QED) is 0.544. The average molecular weight is 268 g/mol. The van der Waals surface area contributed by atoms with E-state index >= 15 is 0 Å². The highest BCUT2D eigenvalue weighted by Gasteiger charge is 2.37. The summed E-state index contributed by atoms with van der Waals surface area (Å²) in [7, 11) is 0. The Balaban J connectivity index is 2.04. The predicted octanol–water partition coefficient (Wildman–Crippen LogP) is 2.78. The third-order valence-corrected chi connectivity index (χ3v) is 4.51. The molecule has 2 heterocycles. The van der Waals surface area contributed by atoms with Crippen LogP contribution in [0, 0.1) is 0 Å². The molecule has 3 nitrogen and oxygen atoms in total. The Kier molecular flexibility index (Phi) is 2.11. The molecule has 2 aliphatic heterocycles. The monoisotopic (exact) mass is 268 g/mol. The van der Waals surface area contributed by atoms with Crippen LogP contribution in [0.25, 0.3) is 16.3 Å². The number of ether oxygens (including phenoxy) is 1. The van der Waals surface area contributed by atoms with Crippen molar-refractivity contribution in [2.75, 3.05) is 5.75 Å². The van der Waals surface area contributed by atoms with E-state index < -0.39 is 11.9 Å². The molecule has 2 aliphatic rings. The van der Waals surface area contributed by atoms with E-state index in [4.69, 9.17) is 4.74 Å². The smallest absolute Gasteiger partial charge is 0.347 e. The normalized spacial score (nSPS) is 17.5. The maximum Gasteiger partial charge on any atom is 0.347 e. The van der Waals surface area contributed by atoms with Gasteiger partial charge in [0.1, 0.15) is 0 Å². The number of fused-ring (bicyclic) bond motifs is 3. The lowest BCUT2D eigenvalue weighted by molar-refractivity contribution is -0.150. The number of hydrogen-bond donors (Lipinski definition) is 0. The Morgan fingerprint density at radius 2 is 1.74 bits per heavy atom. The second kappa shape index (κ2) is 3.71. The van der Waals surface area contributed by atoms with E-state index in [0.717, 1.165) is 21.2 Å². The molecule has 19 heavy (non-hydrogen) atoms. The molecule has 0 N–H and O–H groups in total. The Labute approximate surface area is 113 Å². The van der Waals surface area contributed by atoms with Gasteiger partial charge < -0.3 is 4.74 Å². The third kappa shape index (κ3) is 1.47. The van der Waals surface area contributed by atoms with Crippen LogP contribution in [0.4, 0.5) is 0 Å². The van der Waals surface area contributed by atoms with Gasteiger partial charge in [0.2, 0.25) is 0 Å². The second-order valence-electron chi connectivity index (χ2n) is 4.51. The fraction of sp³-hybridized carbons (Fsp3) is 0.0667. The Morgan fingerprint density at radius 3 is 2.53 bits per heavy atom. The van der Waals surface area contributed by atoms with E-state index in [1.807, 2.05) is 30.3 Å². The van der Waals surface area contributed by atoms with Crippen LogP contribution in [0.2, 0.25) is 0 Å². The average Bonchev–Trinajstić information content (AvgIpc) is 2.72. The van der Waals surface area contributed by atoms with Gasteiger partial charge in [-0.1, -0.05) is 24.3 Å². The van der Waals surface area contributed by atoms with Crippen LogP contribution in [-0.4, -0.2) is 17.7 Å². The topological polar surface area (TPSA) is 43.4 Å². The van der Waals surface area contributed by atoms with Crippen molar-refractivity contribution in [3.8, 4) is 0 Å². The second-order valence-corrected chi connectivity index (χ2v) is 5.53. The van der Waals surface area contributed by atoms with E-state index in [2.05, 4.69) is 6.07 Å². The minimum absolute atomic E-state index is 0.449. The van der Waals surface area contributed by atoms with E-state index in [1.54, 1.807) is 11.8 Å². The number of rotatable bonds is 0. The predicted molar refractivity (Wildman–Crippen MR) is 72.7 cm³/mol. The van der Waals surface area contributed by atoms with Gasteiger partial charge in [-0.15, -0.1) is 11.8 Å². The number of hydrogen-bond acceptors (Lipinski definition) is 4. The molecule has 2 aromatic rings. The van der Waals surface area contributed by atoms with Crippen molar-refractivity contribution in [2.24, 2.45) is 0 Å². The minimum Gasteiger partial charge on any atom is -0.386 e. The summed E-state index contributed by atoms with van der Waals surface area (Å²) >= 11 is 1.57. The fourth-order valence-electron chi connectivity index (χ4n) is 2.51. The summed E-state index contributed by atoms with van der Waals surface area (Å²) in [5.74, 6) is -0.506. The molecular formula is C15H8O3S. The highest BCUT2D eigenvalue weighted by molar-refractivity contribution is 7.99. The van der Waals surface area contributed by atoms with Crippen LogP contribution in [0.1, 0.15) is 5.56 Å². The molecule has 0 amide bonds. The molecule has 92 valence electrons. The molecule has 4 rings (SSSR count). The molecule has 0 saturated carbocycles. The lowest BCUT2D eigenvalue weighted by Gasteiger charge is -2.15. The molecule has 0 spiro atoms. The molecule has 0 radical (unpaired) electrons. The molecule has 4 heteroatoms. The summed E-state index contributed by atoms with van der Waals surface area (Å²) in [4.78, 5) is 24.4. The van der Waals surface area contributed by atoms with Crippen LogP contribution < -0.4 is 0 Å². The van der Waals surface area contributed by atoms with Crippen LogP contribution in [0.3, 0.4) is 0 Å². The van der Waals surface area contributed by atoms with E-state index in [9.17, 15) is 9.59 Å². The maximum absolute atomic E-state index is 11.8. The first-order valence-electron chi connectivity index (χ1n) is 5.89. The molecule has 0 unspecified atom stereocenters. The van der Waals surface area contributed by atoms with Crippen molar-refractivity contribution < 1.29 is 14.3 Å². The third-order valence-electron chi connectivity index (χ3n) is 3.43. The van der Waals surface area contributed by atoms with Crippen molar-refractivity contribution >= 4 is 40.0 Å². The van der Waals surface area contributed by atoms with Crippen molar-refractivity contribution in [3.63, 3.8) is 0 Å². The lowest BCUT2D eigenvalue weighted by Crippen LogP contribution is -2.05. The van der Waals surface area contributed by atoms with Crippen LogP contribution in [0.15, 0.2) is 46.9 Å². The molecule has 0 bridgehead atoms. The molecule has 0 aromatic heterocycles. The van der Waals surface area contributed by atoms with E-state index in [-0.39, 0.29) is 0 Å². The Hall–Kier alpha value is -2.07. The highest BCUT2D eigenvalue weighted by Crippen LogP contribution is 2.42. The van der Waals surface area contributed by atoms with Gasteiger partial charge in [0, 0.05) is 16.2 Å². The summed E-state index contributed by atoms with van der Waals surface area (Å²) in [6.07, 6.45) is 0. The summed E-state index contributed by atoms with van der Waals surface area (Å²) in [6, 6.07) is 12.0. The first-order valence-corrected chi connectivity index (χ1v) is 6.88. The zero-order valence-corrected chi connectivity index (χ0v) is 10.6. The summed E-state index contributed by atoms with van der Waals surface area (Å²) in [5, 5.41) is 2.19. The molecule has 0 saturated heterocycles. The number of thioether (sulfide) groups is 1. The van der Waals surface area contributed by atoms with Crippen molar-refractivity contribution in [2.45, 2.75) is 4.90 Å². The van der Waals surface area contributed by atoms with E-state index in [0.29, 0.717) is 16.9 Å². The zero-order valence-electron chi connectivity index (χ0n) is 9.80. The van der Waals surface area contributed by atoms with Crippen molar-refractivity contribution in [1.82, 2.24) is 0 Å². The molecule has 2 aromatic carbocycles. The fourth-order valence-corrected chi connectivity index (χ4v) is 3.60. The van der Waals surface area contributed by atoms with Gasteiger partial charge in [-0.2, -0.15) is 0 Å². The van der Waals surface area contributed by atoms with E-state index in [1.165, 1.54) is 0 Å². The van der Waals surface area contributed by atoms with Gasteiger partial charge in [0.15, 0.2) is 0 Å². The number of carbonyl (C=O) groups is 2. The van der Waals surface area contributed by atoms with Gasteiger partial charge in [-0.25, -0.2) is 9.59 Å². The number of cyclic esters (lactones) is 2. The number of benzene rings is 2. The van der Waals surface area contributed by atoms with Crippen LogP contribution in [-0.2, 0) is 14.3 Å². The first kappa shape index (κ1) is 10.8. The van der Waals surface area contributed by atoms with Crippen LogP contribution >= 0.6 is 11.8 Å². The van der Waals surface area contributed by atoms with Gasteiger partial charge in [-0.05, 0) is 22.9 Å². The largest absolute Gasteiger partial charge is 0.386 e. The lowest BCUT2D eigenvalue weighted by atomic mass is 9.98. The number of carbonyl (C=O) groups excluding carboxylic acids is 2. The molecular weight excluding hydrogens is 260 g/mol. The van der Waals surface area contributed by atoms with Crippen molar-refractivity contribution in [1.29, 1.82) is 0 Å². The maximum atomic E-state index is 11.8. The number of esters is 2. The first-order chi connectivity index (χ1) is 9.24. The minimum atomic E-state index is -0.517. The summed E-state index contributed by atoms with van der Waals surface area (Å²) < 4.78 is 4.71. The Bertz CT molecular complexity index is 789. The summed E-state index contributed by atoms with van der Waals surface area (Å²) in [5.41, 5.74) is 1.77. The summed E-state index contributed by atoms with van der Waals surface area (Å²) in [6.45, 7) is 0. The molecule has 0 aliphatic carbocycles. The Morgan fingerprint density at radius 1 is 1.00 bits per heavy atom. The highest BCUT2D eigenvalue weighted by atomic mass is 32.2. The van der Waals surface area contributed by atoms with Gasteiger partial charge in [0.05, 0.1) is 11.1 Å². The van der Waals surface area contributed by atoms with Gasteiger partial charge >= 0.3 is 11.9 Å². The zero-order chi connectivity index (χ0) is 13.0. The van der Waals surface area contributed by atoms with Gasteiger partial charge in [0.25, 0.3) is 0 Å². The SMILES string of the molecule is O=C1OC(=O)C2=C1CSc1cc3ccccc3cc12. The molecule has 0 atom stereocenters. The van der Waals surface area contributed by atoms with Crippen LogP contribution in [0.5, 0.6) is 0 Å². The van der Waals surface area contributed by atoms with Gasteiger partial charge in [-0.3, -0.25) is 0 Å². The standard InChI is InChI=1S/C15H8O3S/c16-14-11-7-19-12-6-9-4-2-1-3-8(9)5-10(12)13(11)15(17)18-14/h1-6H,7H2. The molecule has 0 fully saturated rings.